The first kappa shape index (κ1) is 25.3. The molecule has 0 aromatic heterocycles. The lowest BCUT2D eigenvalue weighted by atomic mass is 9.84. The average Bonchev–Trinajstić information content (AvgIpc) is 3.33. The summed E-state index contributed by atoms with van der Waals surface area (Å²) >= 11 is 1.79. The Morgan fingerprint density at radius 1 is 0.944 bits per heavy atom. The molecule has 1 aliphatic rings. The molecule has 0 spiro atoms. The zero-order valence-corrected chi connectivity index (χ0v) is 20.7. The van der Waals surface area contributed by atoms with Crippen molar-refractivity contribution in [3.05, 3.63) is 132 Å². The lowest BCUT2D eigenvalue weighted by Gasteiger charge is -2.37. The molecular formula is C30H29NO4S. The molecule has 6 heteroatoms. The van der Waals surface area contributed by atoms with Crippen LogP contribution in [0.3, 0.4) is 0 Å². The first-order valence-corrected chi connectivity index (χ1v) is 12.7. The van der Waals surface area contributed by atoms with Crippen molar-refractivity contribution in [3.8, 4) is 0 Å². The van der Waals surface area contributed by atoms with Crippen LogP contribution in [0.2, 0.25) is 0 Å². The van der Waals surface area contributed by atoms with Crippen molar-refractivity contribution in [1.82, 2.24) is 4.90 Å². The highest BCUT2D eigenvalue weighted by atomic mass is 32.2. The van der Waals surface area contributed by atoms with Gasteiger partial charge in [-0.3, -0.25) is 0 Å². The van der Waals surface area contributed by atoms with E-state index >= 15 is 0 Å². The number of carboxylic acids is 1. The Morgan fingerprint density at radius 2 is 1.44 bits per heavy atom. The molecule has 3 aromatic rings. The molecule has 1 heterocycles. The van der Waals surface area contributed by atoms with E-state index in [9.17, 15) is 14.7 Å². The van der Waals surface area contributed by atoms with Gasteiger partial charge in [0.2, 0.25) is 0 Å². The Kier molecular flexibility index (Phi) is 8.28. The Balaban J connectivity index is 1.77. The summed E-state index contributed by atoms with van der Waals surface area (Å²) in [4.78, 5) is 25.7. The molecule has 2 atom stereocenters. The maximum atomic E-state index is 12.8. The average molecular weight is 500 g/mol. The normalized spacial score (nSPS) is 17.7. The highest BCUT2D eigenvalue weighted by molar-refractivity contribution is 8.01. The van der Waals surface area contributed by atoms with Gasteiger partial charge in [-0.25, -0.2) is 9.59 Å². The fourth-order valence-electron chi connectivity index (χ4n) is 4.68. The fraction of sp³-hybridized carbons (Fsp3) is 0.200. The van der Waals surface area contributed by atoms with Crippen LogP contribution >= 0.6 is 11.8 Å². The van der Waals surface area contributed by atoms with Gasteiger partial charge in [-0.15, -0.1) is 11.8 Å². The van der Waals surface area contributed by atoms with E-state index in [0.29, 0.717) is 13.0 Å². The standard InChI is InChI=1S/C30H29NO4S/c1-2-20-35-29(34)31-22-27(21-26(31)18-19-28(32)33)36-30(23-12-6-3-7-13-23,24-14-8-4-9-15-24)25-16-10-5-11-17-25/h2-19,26-27H,1,20-22H2,(H,32,33)/t26-,27+/m1/s1. The molecule has 0 radical (unpaired) electrons. The van der Waals surface area contributed by atoms with Crippen molar-refractivity contribution in [2.24, 2.45) is 0 Å². The van der Waals surface area contributed by atoms with Gasteiger partial charge in [0.05, 0.1) is 10.8 Å². The summed E-state index contributed by atoms with van der Waals surface area (Å²) < 4.78 is 4.79. The third-order valence-corrected chi connectivity index (χ3v) is 7.95. The summed E-state index contributed by atoms with van der Waals surface area (Å²) in [5.74, 6) is -1.04. The quantitative estimate of drug-likeness (QED) is 0.218. The molecule has 36 heavy (non-hydrogen) atoms. The molecule has 0 saturated carbocycles. The lowest BCUT2D eigenvalue weighted by molar-refractivity contribution is -0.131. The van der Waals surface area contributed by atoms with Crippen molar-refractivity contribution in [2.45, 2.75) is 22.5 Å². The van der Waals surface area contributed by atoms with Gasteiger partial charge < -0.3 is 14.7 Å². The molecule has 1 aliphatic heterocycles. The van der Waals surface area contributed by atoms with E-state index in [-0.39, 0.29) is 17.9 Å². The third-order valence-electron chi connectivity index (χ3n) is 6.21. The van der Waals surface area contributed by atoms with Crippen LogP contribution in [0.25, 0.3) is 0 Å². The Hall–Kier alpha value is -3.77. The van der Waals surface area contributed by atoms with E-state index < -0.39 is 16.8 Å². The van der Waals surface area contributed by atoms with Crippen LogP contribution < -0.4 is 0 Å². The molecule has 5 nitrogen and oxygen atoms in total. The topological polar surface area (TPSA) is 66.8 Å². The smallest absolute Gasteiger partial charge is 0.410 e. The Bertz CT molecular complexity index is 1100. The number of amides is 1. The minimum atomic E-state index is -1.04. The number of aliphatic carboxylic acids is 1. The number of carbonyl (C=O) groups excluding carboxylic acids is 1. The van der Waals surface area contributed by atoms with Gasteiger partial charge in [0.15, 0.2) is 0 Å². The van der Waals surface area contributed by atoms with Crippen molar-refractivity contribution < 1.29 is 19.4 Å². The first-order valence-electron chi connectivity index (χ1n) is 11.8. The molecule has 4 rings (SSSR count). The summed E-state index contributed by atoms with van der Waals surface area (Å²) in [5, 5.41) is 9.22. The van der Waals surface area contributed by atoms with Crippen molar-refractivity contribution in [1.29, 1.82) is 0 Å². The van der Waals surface area contributed by atoms with E-state index in [1.807, 2.05) is 54.6 Å². The number of carbonyl (C=O) groups is 2. The number of hydrogen-bond acceptors (Lipinski definition) is 4. The van der Waals surface area contributed by atoms with Crippen molar-refractivity contribution >= 4 is 23.8 Å². The SMILES string of the molecule is C=CCOC(=O)N1C[C@@H](SC(c2ccccc2)(c2ccccc2)c2ccccc2)C[C@H]1C=CC(=O)O. The maximum absolute atomic E-state index is 12.8. The number of ether oxygens (including phenoxy) is 1. The van der Waals surface area contributed by atoms with Gasteiger partial charge in [0.25, 0.3) is 0 Å². The minimum Gasteiger partial charge on any atom is -0.478 e. The van der Waals surface area contributed by atoms with Gasteiger partial charge in [0, 0.05) is 17.9 Å². The second-order valence-electron chi connectivity index (χ2n) is 8.54. The first-order chi connectivity index (χ1) is 17.5. The molecular weight excluding hydrogens is 470 g/mol. The highest BCUT2D eigenvalue weighted by Crippen LogP contribution is 2.52. The van der Waals surface area contributed by atoms with E-state index in [2.05, 4.69) is 43.0 Å². The summed E-state index contributed by atoms with van der Waals surface area (Å²) in [6.45, 7) is 4.15. The predicted molar refractivity (Wildman–Crippen MR) is 144 cm³/mol. The Labute approximate surface area is 216 Å². The summed E-state index contributed by atoms with van der Waals surface area (Å²) in [5.41, 5.74) is 3.41. The number of hydrogen-bond donors (Lipinski definition) is 1. The summed E-state index contributed by atoms with van der Waals surface area (Å²) in [7, 11) is 0. The number of thioether (sulfide) groups is 1. The van der Waals surface area contributed by atoms with Crippen LogP contribution in [0.1, 0.15) is 23.1 Å². The van der Waals surface area contributed by atoms with Crippen LogP contribution in [0.15, 0.2) is 116 Å². The predicted octanol–water partition coefficient (Wildman–Crippen LogP) is 6.12. The van der Waals surface area contributed by atoms with Crippen molar-refractivity contribution in [2.75, 3.05) is 13.2 Å². The molecule has 1 saturated heterocycles. The lowest BCUT2D eigenvalue weighted by Crippen LogP contribution is -2.36. The van der Waals surface area contributed by atoms with Crippen LogP contribution in [0, 0.1) is 0 Å². The van der Waals surface area contributed by atoms with E-state index in [0.717, 1.165) is 22.8 Å². The Morgan fingerprint density at radius 3 is 1.89 bits per heavy atom. The molecule has 1 amide bonds. The molecule has 3 aromatic carbocycles. The van der Waals surface area contributed by atoms with Crippen LogP contribution in [-0.2, 0) is 14.3 Å². The van der Waals surface area contributed by atoms with Gasteiger partial charge in [-0.1, -0.05) is 110 Å². The largest absolute Gasteiger partial charge is 0.478 e. The van der Waals surface area contributed by atoms with Gasteiger partial charge in [-0.05, 0) is 23.1 Å². The van der Waals surface area contributed by atoms with Crippen LogP contribution in [0.4, 0.5) is 4.79 Å². The maximum Gasteiger partial charge on any atom is 0.410 e. The van der Waals surface area contributed by atoms with E-state index in [4.69, 9.17) is 4.74 Å². The summed E-state index contributed by atoms with van der Waals surface area (Å²) in [6, 6.07) is 30.7. The molecule has 1 fully saturated rings. The molecule has 0 bridgehead atoms. The molecule has 0 unspecified atom stereocenters. The minimum absolute atomic E-state index is 0.0188. The number of nitrogens with zero attached hydrogens (tertiary/aromatic N) is 1. The number of carboxylic acid groups (broad SMARTS) is 1. The second kappa shape index (κ2) is 11.8. The van der Waals surface area contributed by atoms with E-state index in [1.165, 1.54) is 6.08 Å². The molecule has 184 valence electrons. The zero-order chi connectivity index (χ0) is 25.4. The highest BCUT2D eigenvalue weighted by Gasteiger charge is 2.44. The van der Waals surface area contributed by atoms with Crippen LogP contribution in [0.5, 0.6) is 0 Å². The second-order valence-corrected chi connectivity index (χ2v) is 10.1. The van der Waals surface area contributed by atoms with Crippen molar-refractivity contribution in [3.63, 3.8) is 0 Å². The number of benzene rings is 3. The monoisotopic (exact) mass is 499 g/mol. The van der Waals surface area contributed by atoms with E-state index in [1.54, 1.807) is 22.7 Å². The zero-order valence-electron chi connectivity index (χ0n) is 19.9. The molecule has 1 N–H and O–H groups in total. The molecule has 0 aliphatic carbocycles. The van der Waals surface area contributed by atoms with Gasteiger partial charge in [-0.2, -0.15) is 0 Å². The number of likely N-dealkylation sites (tertiary alicyclic amines) is 1. The number of rotatable bonds is 9. The van der Waals surface area contributed by atoms with Crippen LogP contribution in [-0.4, -0.2) is 46.5 Å². The van der Waals surface area contributed by atoms with Gasteiger partial charge in [0.1, 0.15) is 6.61 Å². The fourth-order valence-corrected chi connectivity index (χ4v) is 6.53. The third kappa shape index (κ3) is 5.55. The summed E-state index contributed by atoms with van der Waals surface area (Å²) in [6.07, 6.45) is 4.33. The van der Waals surface area contributed by atoms with Gasteiger partial charge >= 0.3 is 12.1 Å².